The Kier molecular flexibility index (Phi) is 7.24. The minimum atomic E-state index is -0.163. The number of allylic oxidation sites excluding steroid dienone is 1. The molecule has 2 aromatic rings. The Bertz CT molecular complexity index is 768. The number of benzene rings is 2. The highest BCUT2D eigenvalue weighted by Gasteiger charge is 2.11. The summed E-state index contributed by atoms with van der Waals surface area (Å²) < 4.78 is 16.3. The number of rotatable bonds is 9. The molecule has 0 aromatic heterocycles. The number of ether oxygens (including phenoxy) is 3. The summed E-state index contributed by atoms with van der Waals surface area (Å²) in [6.45, 7) is 1.40. The van der Waals surface area contributed by atoms with Crippen LogP contribution in [0.5, 0.6) is 17.2 Å². The molecule has 0 fully saturated rings. The molecule has 0 spiro atoms. The molecular formula is C21H25NO4. The van der Waals surface area contributed by atoms with E-state index in [2.05, 4.69) is 4.90 Å². The third kappa shape index (κ3) is 5.36. The number of likely N-dealkylation sites (N-methyl/N-ethyl adjacent to an activating group) is 1. The van der Waals surface area contributed by atoms with E-state index in [0.717, 1.165) is 17.9 Å². The molecule has 0 radical (unpaired) electrons. The Hall–Kier alpha value is -2.79. The predicted molar refractivity (Wildman–Crippen MR) is 103 cm³/mol. The maximum atomic E-state index is 12.6. The molecular weight excluding hydrogens is 330 g/mol. The molecule has 0 saturated carbocycles. The highest BCUT2D eigenvalue weighted by molar-refractivity contribution is 6.09. The van der Waals surface area contributed by atoms with Gasteiger partial charge in [-0.15, -0.1) is 0 Å². The second kappa shape index (κ2) is 9.63. The molecule has 0 atom stereocenters. The Balaban J connectivity index is 2.18. The number of carbonyl (C=O) groups excluding carboxylic acids is 1. The third-order valence-corrected chi connectivity index (χ3v) is 3.80. The van der Waals surface area contributed by atoms with Crippen molar-refractivity contribution in [1.82, 2.24) is 4.90 Å². The fourth-order valence-corrected chi connectivity index (χ4v) is 2.35. The van der Waals surface area contributed by atoms with E-state index >= 15 is 0 Å². The summed E-state index contributed by atoms with van der Waals surface area (Å²) in [5, 5.41) is 0. The normalized spacial score (nSPS) is 11.0. The topological polar surface area (TPSA) is 48.0 Å². The van der Waals surface area contributed by atoms with Crippen LogP contribution in [-0.2, 0) is 0 Å². The van der Waals surface area contributed by atoms with Gasteiger partial charge in [0.15, 0.2) is 5.78 Å². The van der Waals surface area contributed by atoms with E-state index in [-0.39, 0.29) is 5.78 Å². The van der Waals surface area contributed by atoms with Gasteiger partial charge in [-0.05, 0) is 50.5 Å². The first-order valence-electron chi connectivity index (χ1n) is 8.36. The van der Waals surface area contributed by atoms with E-state index in [9.17, 15) is 4.79 Å². The smallest absolute Gasteiger partial charge is 0.189 e. The van der Waals surface area contributed by atoms with Crippen LogP contribution in [0, 0.1) is 0 Å². The minimum Gasteiger partial charge on any atom is -0.497 e. The number of hydrogen-bond donors (Lipinski definition) is 0. The number of carbonyl (C=O) groups is 1. The van der Waals surface area contributed by atoms with Crippen molar-refractivity contribution in [3.63, 3.8) is 0 Å². The molecule has 0 saturated heterocycles. The molecule has 26 heavy (non-hydrogen) atoms. The van der Waals surface area contributed by atoms with Crippen LogP contribution < -0.4 is 14.2 Å². The lowest BCUT2D eigenvalue weighted by Gasteiger charge is -2.12. The van der Waals surface area contributed by atoms with Crippen LogP contribution in [0.4, 0.5) is 0 Å². The fraction of sp³-hybridized carbons (Fsp3) is 0.286. The van der Waals surface area contributed by atoms with Crippen LogP contribution in [0.1, 0.15) is 15.9 Å². The predicted octanol–water partition coefficient (Wildman–Crippen LogP) is 3.54. The molecule has 0 N–H and O–H groups in total. The standard InChI is InChI=1S/C21H25NO4/c1-22(2)13-14-26-20-8-6-5-7-16(20)9-11-19(23)18-15-17(24-3)10-12-21(18)25-4/h5-12,15H,13-14H2,1-4H3. The summed E-state index contributed by atoms with van der Waals surface area (Å²) in [5.41, 5.74) is 1.30. The number of para-hydroxylation sites is 1. The molecule has 0 bridgehead atoms. The maximum absolute atomic E-state index is 12.6. The average molecular weight is 355 g/mol. The number of ketones is 1. The zero-order valence-electron chi connectivity index (χ0n) is 15.7. The van der Waals surface area contributed by atoms with Crippen LogP contribution in [0.3, 0.4) is 0 Å². The van der Waals surface area contributed by atoms with E-state index in [1.807, 2.05) is 38.4 Å². The molecule has 5 heteroatoms. The van der Waals surface area contributed by atoms with Crippen molar-refractivity contribution in [2.45, 2.75) is 0 Å². The van der Waals surface area contributed by atoms with Crippen molar-refractivity contribution in [3.05, 3.63) is 59.7 Å². The van der Waals surface area contributed by atoms with Gasteiger partial charge < -0.3 is 19.1 Å². The van der Waals surface area contributed by atoms with Gasteiger partial charge in [-0.3, -0.25) is 4.79 Å². The van der Waals surface area contributed by atoms with Crippen LogP contribution >= 0.6 is 0 Å². The molecule has 5 nitrogen and oxygen atoms in total. The molecule has 138 valence electrons. The van der Waals surface area contributed by atoms with Crippen molar-refractivity contribution in [1.29, 1.82) is 0 Å². The lowest BCUT2D eigenvalue weighted by Crippen LogP contribution is -2.19. The first-order chi connectivity index (χ1) is 12.5. The summed E-state index contributed by atoms with van der Waals surface area (Å²) in [7, 11) is 7.09. The molecule has 0 unspecified atom stereocenters. The van der Waals surface area contributed by atoms with E-state index < -0.39 is 0 Å². The van der Waals surface area contributed by atoms with Gasteiger partial charge in [-0.25, -0.2) is 0 Å². The summed E-state index contributed by atoms with van der Waals surface area (Å²) in [6, 6.07) is 12.8. The Morgan fingerprint density at radius 1 is 1.04 bits per heavy atom. The van der Waals surface area contributed by atoms with Gasteiger partial charge in [0, 0.05) is 12.1 Å². The first-order valence-corrected chi connectivity index (χ1v) is 8.36. The lowest BCUT2D eigenvalue weighted by molar-refractivity contribution is 0.104. The lowest BCUT2D eigenvalue weighted by atomic mass is 10.1. The second-order valence-electron chi connectivity index (χ2n) is 5.95. The monoisotopic (exact) mass is 355 g/mol. The minimum absolute atomic E-state index is 0.163. The quantitative estimate of drug-likeness (QED) is 0.509. The highest BCUT2D eigenvalue weighted by atomic mass is 16.5. The van der Waals surface area contributed by atoms with E-state index in [1.54, 1.807) is 31.4 Å². The maximum Gasteiger partial charge on any atom is 0.189 e. The number of nitrogens with zero attached hydrogens (tertiary/aromatic N) is 1. The van der Waals surface area contributed by atoms with E-state index in [1.165, 1.54) is 13.2 Å². The summed E-state index contributed by atoms with van der Waals surface area (Å²) in [6.07, 6.45) is 3.28. The Morgan fingerprint density at radius 2 is 1.81 bits per heavy atom. The van der Waals surface area contributed by atoms with Crippen molar-refractivity contribution >= 4 is 11.9 Å². The van der Waals surface area contributed by atoms with Crippen LogP contribution in [0.2, 0.25) is 0 Å². The highest BCUT2D eigenvalue weighted by Crippen LogP contribution is 2.25. The second-order valence-corrected chi connectivity index (χ2v) is 5.95. The summed E-state index contributed by atoms with van der Waals surface area (Å²) in [5.74, 6) is 1.70. The number of methoxy groups -OCH3 is 2. The Labute approximate surface area is 154 Å². The zero-order valence-corrected chi connectivity index (χ0v) is 15.7. The largest absolute Gasteiger partial charge is 0.497 e. The van der Waals surface area contributed by atoms with Crippen LogP contribution in [-0.4, -0.2) is 52.1 Å². The van der Waals surface area contributed by atoms with Crippen molar-refractivity contribution in [2.24, 2.45) is 0 Å². The third-order valence-electron chi connectivity index (χ3n) is 3.80. The summed E-state index contributed by atoms with van der Waals surface area (Å²) in [4.78, 5) is 14.7. The van der Waals surface area contributed by atoms with Crippen molar-refractivity contribution in [3.8, 4) is 17.2 Å². The molecule has 0 aliphatic heterocycles. The fourth-order valence-electron chi connectivity index (χ4n) is 2.35. The van der Waals surface area contributed by atoms with Crippen molar-refractivity contribution in [2.75, 3.05) is 41.5 Å². The van der Waals surface area contributed by atoms with Crippen molar-refractivity contribution < 1.29 is 19.0 Å². The molecule has 0 aliphatic rings. The van der Waals surface area contributed by atoms with E-state index in [4.69, 9.17) is 14.2 Å². The van der Waals surface area contributed by atoms with Gasteiger partial charge in [0.1, 0.15) is 23.9 Å². The molecule has 0 heterocycles. The van der Waals surface area contributed by atoms with Gasteiger partial charge in [0.2, 0.25) is 0 Å². The van der Waals surface area contributed by atoms with Gasteiger partial charge in [0.25, 0.3) is 0 Å². The zero-order chi connectivity index (χ0) is 18.9. The molecule has 2 aromatic carbocycles. The molecule has 2 rings (SSSR count). The van der Waals surface area contributed by atoms with Gasteiger partial charge >= 0.3 is 0 Å². The molecule has 0 aliphatic carbocycles. The van der Waals surface area contributed by atoms with Gasteiger partial charge in [-0.1, -0.05) is 18.2 Å². The molecule has 0 amide bonds. The first kappa shape index (κ1) is 19.5. The van der Waals surface area contributed by atoms with E-state index in [0.29, 0.717) is 23.7 Å². The average Bonchev–Trinajstić information content (AvgIpc) is 2.66. The Morgan fingerprint density at radius 3 is 2.50 bits per heavy atom. The number of hydrogen-bond acceptors (Lipinski definition) is 5. The van der Waals surface area contributed by atoms with Crippen LogP contribution in [0.25, 0.3) is 6.08 Å². The SMILES string of the molecule is COc1ccc(OC)c(C(=O)C=Cc2ccccc2OCCN(C)C)c1. The van der Waals surface area contributed by atoms with Gasteiger partial charge in [0.05, 0.1) is 19.8 Å². The summed E-state index contributed by atoms with van der Waals surface area (Å²) >= 11 is 0. The van der Waals surface area contributed by atoms with Gasteiger partial charge in [-0.2, -0.15) is 0 Å². The van der Waals surface area contributed by atoms with Crippen LogP contribution in [0.15, 0.2) is 48.5 Å².